The van der Waals surface area contributed by atoms with Gasteiger partial charge in [0.15, 0.2) is 0 Å². The number of hydrogen-bond donors (Lipinski definition) is 0. The molecule has 0 N–H and O–H groups in total. The summed E-state index contributed by atoms with van der Waals surface area (Å²) >= 11 is 0. The normalized spacial score (nSPS) is 27.2. The summed E-state index contributed by atoms with van der Waals surface area (Å²) in [5, 5.41) is 0. The van der Waals surface area contributed by atoms with Crippen LogP contribution in [-0.2, 0) is 14.8 Å². The summed E-state index contributed by atoms with van der Waals surface area (Å²) in [6, 6.07) is 1.65. The predicted octanol–water partition coefficient (Wildman–Crippen LogP) is 0.402. The second-order valence-corrected chi connectivity index (χ2v) is 7.82. The van der Waals surface area contributed by atoms with Gasteiger partial charge in [0.25, 0.3) is 5.91 Å². The maximum Gasteiger partial charge on any atom is 0.257 e. The number of rotatable bonds is 2. The number of fused-ring (bicyclic) bond motifs is 1. The molecule has 0 unspecified atom stereocenters. The molecule has 1 aromatic rings. The molecule has 0 aliphatic carbocycles. The van der Waals surface area contributed by atoms with Gasteiger partial charge in [0, 0.05) is 32.1 Å². The molecular formula is C14H20N2O5S. The molecule has 0 aromatic carbocycles. The van der Waals surface area contributed by atoms with Crippen molar-refractivity contribution in [1.82, 2.24) is 9.21 Å². The Morgan fingerprint density at radius 3 is 2.82 bits per heavy atom. The molecule has 8 heteroatoms. The van der Waals surface area contributed by atoms with Gasteiger partial charge in [-0.3, -0.25) is 4.79 Å². The molecule has 1 aromatic heterocycles. The van der Waals surface area contributed by atoms with Gasteiger partial charge >= 0.3 is 0 Å². The third-order valence-electron chi connectivity index (χ3n) is 4.33. The number of sulfonamides is 1. The van der Waals surface area contributed by atoms with Gasteiger partial charge in [0.2, 0.25) is 10.0 Å². The SMILES string of the molecule is CS(=O)(=O)N1CCO[C@@H]2CN(C(=O)c3ccoc3)CC[C@@H]2C1. The Kier molecular flexibility index (Phi) is 4.24. The van der Waals surface area contributed by atoms with E-state index in [1.807, 2.05) is 0 Å². The van der Waals surface area contributed by atoms with Crippen LogP contribution >= 0.6 is 0 Å². The van der Waals surface area contributed by atoms with Crippen molar-refractivity contribution < 1.29 is 22.4 Å². The van der Waals surface area contributed by atoms with Crippen molar-refractivity contribution in [2.24, 2.45) is 5.92 Å². The number of piperidine rings is 1. The molecule has 7 nitrogen and oxygen atoms in total. The standard InChI is InChI=1S/C14H20N2O5S/c1-22(18,19)16-5-7-21-13-9-15(4-2-11(13)8-16)14(17)12-3-6-20-10-12/h3,6,10-11,13H,2,4-5,7-9H2,1H3/t11-,13-/m1/s1. The highest BCUT2D eigenvalue weighted by molar-refractivity contribution is 7.88. The zero-order valence-electron chi connectivity index (χ0n) is 12.5. The van der Waals surface area contributed by atoms with Crippen molar-refractivity contribution in [3.05, 3.63) is 24.2 Å². The Labute approximate surface area is 129 Å². The van der Waals surface area contributed by atoms with Gasteiger partial charge in [-0.05, 0) is 12.5 Å². The number of hydrogen-bond acceptors (Lipinski definition) is 5. The van der Waals surface area contributed by atoms with Gasteiger partial charge < -0.3 is 14.1 Å². The summed E-state index contributed by atoms with van der Waals surface area (Å²) in [5.74, 6) is 0.0608. The monoisotopic (exact) mass is 328 g/mol. The third-order valence-corrected chi connectivity index (χ3v) is 5.60. The minimum Gasteiger partial charge on any atom is -0.472 e. The van der Waals surface area contributed by atoms with Crippen molar-refractivity contribution >= 4 is 15.9 Å². The summed E-state index contributed by atoms with van der Waals surface area (Å²) in [4.78, 5) is 14.1. The van der Waals surface area contributed by atoms with E-state index < -0.39 is 10.0 Å². The quantitative estimate of drug-likeness (QED) is 0.785. The molecule has 22 heavy (non-hydrogen) atoms. The minimum atomic E-state index is -3.20. The molecule has 0 spiro atoms. The Morgan fingerprint density at radius 1 is 1.32 bits per heavy atom. The van der Waals surface area contributed by atoms with E-state index in [9.17, 15) is 13.2 Å². The average molecular weight is 328 g/mol. The molecule has 3 heterocycles. The first-order valence-corrected chi connectivity index (χ1v) is 9.18. The summed E-state index contributed by atoms with van der Waals surface area (Å²) in [7, 11) is -3.20. The Balaban J connectivity index is 1.68. The van der Waals surface area contributed by atoms with E-state index in [-0.39, 0.29) is 17.9 Å². The van der Waals surface area contributed by atoms with Crippen molar-refractivity contribution in [2.45, 2.75) is 12.5 Å². The highest BCUT2D eigenvalue weighted by Gasteiger charge is 2.37. The molecule has 2 aliphatic rings. The number of carbonyl (C=O) groups excluding carboxylic acids is 1. The van der Waals surface area contributed by atoms with Crippen LogP contribution in [0.2, 0.25) is 0 Å². The van der Waals surface area contributed by atoms with E-state index >= 15 is 0 Å². The van der Waals surface area contributed by atoms with Crippen LogP contribution in [0.1, 0.15) is 16.8 Å². The topological polar surface area (TPSA) is 80.1 Å². The van der Waals surface area contributed by atoms with Crippen molar-refractivity contribution in [3.63, 3.8) is 0 Å². The molecule has 122 valence electrons. The van der Waals surface area contributed by atoms with Gasteiger partial charge in [-0.25, -0.2) is 8.42 Å². The Hall–Kier alpha value is -1.38. The van der Waals surface area contributed by atoms with Crippen LogP contribution in [0.3, 0.4) is 0 Å². The fourth-order valence-corrected chi connectivity index (χ4v) is 3.94. The lowest BCUT2D eigenvalue weighted by atomic mass is 9.93. The third kappa shape index (κ3) is 3.18. The Morgan fingerprint density at radius 2 is 2.14 bits per heavy atom. The van der Waals surface area contributed by atoms with Gasteiger partial charge in [-0.1, -0.05) is 0 Å². The van der Waals surface area contributed by atoms with Crippen LogP contribution in [0, 0.1) is 5.92 Å². The molecule has 2 atom stereocenters. The van der Waals surface area contributed by atoms with Gasteiger partial charge in [0.05, 0.1) is 30.8 Å². The first kappa shape index (κ1) is 15.5. The largest absolute Gasteiger partial charge is 0.472 e. The first-order chi connectivity index (χ1) is 10.4. The number of likely N-dealkylation sites (tertiary alicyclic amines) is 1. The smallest absolute Gasteiger partial charge is 0.257 e. The number of furan rings is 1. The lowest BCUT2D eigenvalue weighted by Gasteiger charge is -2.37. The minimum absolute atomic E-state index is 0.0694. The molecular weight excluding hydrogens is 308 g/mol. The zero-order chi connectivity index (χ0) is 15.7. The van der Waals surface area contributed by atoms with Crippen molar-refractivity contribution in [2.75, 3.05) is 39.0 Å². The molecule has 1 amide bonds. The van der Waals surface area contributed by atoms with E-state index in [4.69, 9.17) is 9.15 Å². The van der Waals surface area contributed by atoms with E-state index in [2.05, 4.69) is 0 Å². The van der Waals surface area contributed by atoms with E-state index in [1.165, 1.54) is 23.1 Å². The van der Waals surface area contributed by atoms with Gasteiger partial charge in [-0.15, -0.1) is 0 Å². The summed E-state index contributed by atoms with van der Waals surface area (Å²) < 4.78 is 35.7. The number of ether oxygens (including phenoxy) is 1. The second kappa shape index (κ2) is 6.02. The van der Waals surface area contributed by atoms with Gasteiger partial charge in [-0.2, -0.15) is 4.31 Å². The van der Waals surface area contributed by atoms with Crippen LogP contribution in [0.5, 0.6) is 0 Å². The first-order valence-electron chi connectivity index (χ1n) is 7.33. The molecule has 2 saturated heterocycles. The molecule has 0 radical (unpaired) electrons. The highest BCUT2D eigenvalue weighted by Crippen LogP contribution is 2.26. The summed E-state index contributed by atoms with van der Waals surface area (Å²) in [5.41, 5.74) is 0.532. The van der Waals surface area contributed by atoms with Crippen LogP contribution < -0.4 is 0 Å². The van der Waals surface area contributed by atoms with E-state index in [1.54, 1.807) is 11.0 Å². The van der Waals surface area contributed by atoms with Crippen LogP contribution in [0.4, 0.5) is 0 Å². The molecule has 3 rings (SSSR count). The molecule has 2 aliphatic heterocycles. The lowest BCUT2D eigenvalue weighted by Crippen LogP contribution is -2.49. The van der Waals surface area contributed by atoms with Crippen LogP contribution in [0.15, 0.2) is 23.0 Å². The highest BCUT2D eigenvalue weighted by atomic mass is 32.2. The number of nitrogens with zero attached hydrogens (tertiary/aromatic N) is 2. The fraction of sp³-hybridized carbons (Fsp3) is 0.643. The zero-order valence-corrected chi connectivity index (χ0v) is 13.3. The Bertz CT molecular complexity index is 628. The number of amides is 1. The molecule has 0 saturated carbocycles. The van der Waals surface area contributed by atoms with E-state index in [0.717, 1.165) is 6.42 Å². The summed E-state index contributed by atoms with van der Waals surface area (Å²) in [6.07, 6.45) is 4.77. The fourth-order valence-electron chi connectivity index (χ4n) is 3.08. The van der Waals surface area contributed by atoms with Gasteiger partial charge in [0.1, 0.15) is 6.26 Å². The predicted molar refractivity (Wildman–Crippen MR) is 78.9 cm³/mol. The second-order valence-electron chi connectivity index (χ2n) is 5.84. The van der Waals surface area contributed by atoms with Crippen molar-refractivity contribution in [1.29, 1.82) is 0 Å². The van der Waals surface area contributed by atoms with E-state index in [0.29, 0.717) is 38.3 Å². The molecule has 0 bridgehead atoms. The summed E-state index contributed by atoms with van der Waals surface area (Å²) in [6.45, 7) is 2.30. The number of carbonyl (C=O) groups is 1. The van der Waals surface area contributed by atoms with Crippen LogP contribution in [0.25, 0.3) is 0 Å². The molecule has 2 fully saturated rings. The van der Waals surface area contributed by atoms with Crippen LogP contribution in [-0.4, -0.2) is 68.7 Å². The average Bonchev–Trinajstić information content (AvgIpc) is 2.91. The lowest BCUT2D eigenvalue weighted by molar-refractivity contribution is -0.0170. The maximum absolute atomic E-state index is 12.3. The van der Waals surface area contributed by atoms with Crippen molar-refractivity contribution in [3.8, 4) is 0 Å². The maximum atomic E-state index is 12.3.